The first kappa shape index (κ1) is 15.3. The van der Waals surface area contributed by atoms with Crippen LogP contribution in [0.3, 0.4) is 0 Å². The third-order valence-electron chi connectivity index (χ3n) is 5.51. The molecular weight excluding hydrogens is 268 g/mol. The lowest BCUT2D eigenvalue weighted by molar-refractivity contribution is -0.150. The zero-order valence-corrected chi connectivity index (χ0v) is 12.9. The molecule has 0 spiro atoms. The van der Waals surface area contributed by atoms with Crippen LogP contribution in [0.2, 0.25) is 0 Å². The molecule has 5 nitrogen and oxygen atoms in total. The molecule has 5 heteroatoms. The SMILES string of the molecule is O=C(O)C1(CN2CCC(CN3CCCC3)CC2)CCOC1. The van der Waals surface area contributed by atoms with Crippen LogP contribution >= 0.6 is 0 Å². The van der Waals surface area contributed by atoms with E-state index in [1.54, 1.807) is 0 Å². The van der Waals surface area contributed by atoms with E-state index in [0.29, 0.717) is 26.2 Å². The lowest BCUT2D eigenvalue weighted by atomic mass is 9.85. The molecule has 3 rings (SSSR count). The first-order chi connectivity index (χ1) is 10.2. The summed E-state index contributed by atoms with van der Waals surface area (Å²) in [5.41, 5.74) is -0.651. The summed E-state index contributed by atoms with van der Waals surface area (Å²) in [5.74, 6) is 0.124. The van der Waals surface area contributed by atoms with Crippen molar-refractivity contribution < 1.29 is 14.6 Å². The predicted molar refractivity (Wildman–Crippen MR) is 80.3 cm³/mol. The van der Waals surface area contributed by atoms with Gasteiger partial charge in [-0.25, -0.2) is 0 Å². The van der Waals surface area contributed by atoms with Gasteiger partial charge >= 0.3 is 5.97 Å². The number of carboxylic acid groups (broad SMARTS) is 1. The highest BCUT2D eigenvalue weighted by Gasteiger charge is 2.44. The minimum atomic E-state index is -0.681. The molecule has 120 valence electrons. The number of likely N-dealkylation sites (tertiary alicyclic amines) is 2. The summed E-state index contributed by atoms with van der Waals surface area (Å²) in [7, 11) is 0. The molecule has 0 aromatic heterocycles. The second kappa shape index (κ2) is 6.63. The van der Waals surface area contributed by atoms with Crippen LogP contribution in [0.5, 0.6) is 0 Å². The molecule has 0 radical (unpaired) electrons. The minimum absolute atomic E-state index is 0.385. The van der Waals surface area contributed by atoms with Crippen molar-refractivity contribution in [3.63, 3.8) is 0 Å². The van der Waals surface area contributed by atoms with Crippen LogP contribution in [0, 0.1) is 11.3 Å². The van der Waals surface area contributed by atoms with Crippen LogP contribution in [0.1, 0.15) is 32.1 Å². The molecule has 1 atom stereocenters. The van der Waals surface area contributed by atoms with Crippen LogP contribution in [0.25, 0.3) is 0 Å². The molecule has 3 saturated heterocycles. The van der Waals surface area contributed by atoms with Crippen molar-refractivity contribution in [3.05, 3.63) is 0 Å². The second-order valence-electron chi connectivity index (χ2n) is 7.12. The van der Waals surface area contributed by atoms with Crippen LogP contribution in [0.4, 0.5) is 0 Å². The van der Waals surface area contributed by atoms with E-state index in [4.69, 9.17) is 4.74 Å². The Morgan fingerprint density at radius 1 is 1.14 bits per heavy atom. The Balaban J connectivity index is 1.45. The van der Waals surface area contributed by atoms with Crippen molar-refractivity contribution in [1.82, 2.24) is 9.80 Å². The van der Waals surface area contributed by atoms with E-state index in [-0.39, 0.29) is 0 Å². The predicted octanol–water partition coefficient (Wildman–Crippen LogP) is 1.29. The van der Waals surface area contributed by atoms with E-state index in [1.807, 2.05) is 0 Å². The summed E-state index contributed by atoms with van der Waals surface area (Å²) < 4.78 is 5.36. The van der Waals surface area contributed by atoms with Gasteiger partial charge in [0.15, 0.2) is 0 Å². The maximum Gasteiger partial charge on any atom is 0.313 e. The monoisotopic (exact) mass is 296 g/mol. The number of nitrogens with zero attached hydrogens (tertiary/aromatic N) is 2. The number of hydrogen-bond donors (Lipinski definition) is 1. The Morgan fingerprint density at radius 2 is 1.86 bits per heavy atom. The largest absolute Gasteiger partial charge is 0.481 e. The lowest BCUT2D eigenvalue weighted by Crippen LogP contribution is -2.47. The zero-order chi connectivity index (χ0) is 14.7. The van der Waals surface area contributed by atoms with Gasteiger partial charge in [-0.2, -0.15) is 0 Å². The molecule has 0 aromatic carbocycles. The molecule has 0 aliphatic carbocycles. The van der Waals surface area contributed by atoms with Crippen LogP contribution in [0.15, 0.2) is 0 Å². The van der Waals surface area contributed by atoms with Gasteiger partial charge in [-0.15, -0.1) is 0 Å². The number of carbonyl (C=O) groups is 1. The fourth-order valence-electron chi connectivity index (χ4n) is 4.05. The topological polar surface area (TPSA) is 53.0 Å². The standard InChI is InChI=1S/C16H28N2O3/c19-15(20)16(5-10-21-13-16)12-18-8-3-14(4-9-18)11-17-6-1-2-7-17/h14H,1-13H2,(H,19,20). The van der Waals surface area contributed by atoms with E-state index < -0.39 is 11.4 Å². The summed E-state index contributed by atoms with van der Waals surface area (Å²) in [4.78, 5) is 16.5. The first-order valence-electron chi connectivity index (χ1n) is 8.44. The van der Waals surface area contributed by atoms with Gasteiger partial charge in [-0.05, 0) is 64.2 Å². The fraction of sp³-hybridized carbons (Fsp3) is 0.938. The molecule has 0 amide bonds. The van der Waals surface area contributed by atoms with Gasteiger partial charge < -0.3 is 19.6 Å². The maximum atomic E-state index is 11.6. The molecule has 0 bridgehead atoms. The van der Waals surface area contributed by atoms with Gasteiger partial charge in [0.2, 0.25) is 0 Å². The van der Waals surface area contributed by atoms with E-state index in [1.165, 1.54) is 45.3 Å². The highest BCUT2D eigenvalue weighted by molar-refractivity contribution is 5.75. The van der Waals surface area contributed by atoms with Gasteiger partial charge in [-0.3, -0.25) is 4.79 Å². The van der Waals surface area contributed by atoms with E-state index in [0.717, 1.165) is 19.0 Å². The fourth-order valence-corrected chi connectivity index (χ4v) is 4.05. The van der Waals surface area contributed by atoms with Crippen LogP contribution in [-0.4, -0.2) is 73.4 Å². The Bertz CT molecular complexity index is 355. The molecule has 21 heavy (non-hydrogen) atoms. The Hall–Kier alpha value is -0.650. The van der Waals surface area contributed by atoms with Crippen molar-refractivity contribution >= 4 is 5.97 Å². The number of rotatable bonds is 5. The van der Waals surface area contributed by atoms with Gasteiger partial charge in [-0.1, -0.05) is 0 Å². The van der Waals surface area contributed by atoms with Crippen molar-refractivity contribution in [3.8, 4) is 0 Å². The quantitative estimate of drug-likeness (QED) is 0.828. The number of ether oxygens (including phenoxy) is 1. The van der Waals surface area contributed by atoms with Crippen molar-refractivity contribution in [2.75, 3.05) is 52.5 Å². The van der Waals surface area contributed by atoms with Gasteiger partial charge in [0.25, 0.3) is 0 Å². The normalized spacial score (nSPS) is 32.8. The molecule has 3 aliphatic heterocycles. The third-order valence-corrected chi connectivity index (χ3v) is 5.51. The summed E-state index contributed by atoms with van der Waals surface area (Å²) in [6.07, 6.45) is 5.82. The molecule has 3 heterocycles. The second-order valence-corrected chi connectivity index (χ2v) is 7.12. The third kappa shape index (κ3) is 3.58. The molecule has 1 N–H and O–H groups in total. The molecule has 0 aromatic rings. The molecule has 3 aliphatic rings. The van der Waals surface area contributed by atoms with E-state index in [9.17, 15) is 9.90 Å². The molecule has 1 unspecified atom stereocenters. The smallest absolute Gasteiger partial charge is 0.313 e. The van der Waals surface area contributed by atoms with Gasteiger partial charge in [0.05, 0.1) is 6.61 Å². The minimum Gasteiger partial charge on any atom is -0.481 e. The van der Waals surface area contributed by atoms with Crippen LogP contribution in [-0.2, 0) is 9.53 Å². The Kier molecular flexibility index (Phi) is 4.82. The maximum absolute atomic E-state index is 11.6. The Morgan fingerprint density at radius 3 is 2.43 bits per heavy atom. The Labute approximate surface area is 127 Å². The van der Waals surface area contributed by atoms with Crippen molar-refractivity contribution in [2.24, 2.45) is 11.3 Å². The lowest BCUT2D eigenvalue weighted by Gasteiger charge is -2.37. The highest BCUT2D eigenvalue weighted by Crippen LogP contribution is 2.32. The molecular formula is C16H28N2O3. The summed E-state index contributed by atoms with van der Waals surface area (Å²) in [6.45, 7) is 7.55. The van der Waals surface area contributed by atoms with Gasteiger partial charge in [0.1, 0.15) is 5.41 Å². The van der Waals surface area contributed by atoms with E-state index >= 15 is 0 Å². The number of aliphatic carboxylic acids is 1. The van der Waals surface area contributed by atoms with E-state index in [2.05, 4.69) is 9.80 Å². The van der Waals surface area contributed by atoms with Gasteiger partial charge in [0, 0.05) is 19.7 Å². The summed E-state index contributed by atoms with van der Waals surface area (Å²) in [6, 6.07) is 0. The first-order valence-corrected chi connectivity index (χ1v) is 8.44. The number of hydrogen-bond acceptors (Lipinski definition) is 4. The van der Waals surface area contributed by atoms with Crippen molar-refractivity contribution in [2.45, 2.75) is 32.1 Å². The molecule has 3 fully saturated rings. The number of carboxylic acids is 1. The highest BCUT2D eigenvalue weighted by atomic mass is 16.5. The average Bonchev–Trinajstić information content (AvgIpc) is 3.13. The average molecular weight is 296 g/mol. The number of piperidine rings is 1. The van der Waals surface area contributed by atoms with Crippen LogP contribution < -0.4 is 0 Å². The summed E-state index contributed by atoms with van der Waals surface area (Å²) in [5, 5.41) is 9.52. The van der Waals surface area contributed by atoms with Crippen molar-refractivity contribution in [1.29, 1.82) is 0 Å². The summed E-state index contributed by atoms with van der Waals surface area (Å²) >= 11 is 0. The molecule has 0 saturated carbocycles. The zero-order valence-electron chi connectivity index (χ0n) is 12.9.